The molecule has 1 aromatic rings. The first kappa shape index (κ1) is 14.9. The molecule has 1 heterocycles. The second kappa shape index (κ2) is 6.67. The van der Waals surface area contributed by atoms with Gasteiger partial charge in [0.05, 0.1) is 11.3 Å². The number of carbonyl (C=O) groups is 1. The van der Waals surface area contributed by atoms with Crippen LogP contribution in [0.5, 0.6) is 0 Å². The van der Waals surface area contributed by atoms with Gasteiger partial charge in [0.2, 0.25) is 5.82 Å². The summed E-state index contributed by atoms with van der Waals surface area (Å²) < 4.78 is 0. The van der Waals surface area contributed by atoms with Crippen LogP contribution in [0, 0.1) is 17.0 Å². The molecule has 0 bridgehead atoms. The lowest BCUT2D eigenvalue weighted by Crippen LogP contribution is -2.24. The molecule has 0 fully saturated rings. The number of nitro groups is 1. The van der Waals surface area contributed by atoms with Crippen LogP contribution in [0.3, 0.4) is 0 Å². The molecule has 0 saturated carbocycles. The Balaban J connectivity index is 2.96. The summed E-state index contributed by atoms with van der Waals surface area (Å²) in [5.41, 5.74) is 0.496. The fourth-order valence-electron chi connectivity index (χ4n) is 1.78. The Hall–Kier alpha value is -2.18. The molecule has 104 valence electrons. The average Bonchev–Trinajstić information content (AvgIpc) is 2.27. The van der Waals surface area contributed by atoms with E-state index in [1.807, 2.05) is 6.92 Å². The fraction of sp³-hybridized carbons (Fsp3) is 0.500. The van der Waals surface area contributed by atoms with Crippen LogP contribution in [-0.2, 0) is 4.79 Å². The van der Waals surface area contributed by atoms with Gasteiger partial charge in [0, 0.05) is 17.8 Å². The van der Waals surface area contributed by atoms with Crippen molar-refractivity contribution in [2.45, 2.75) is 39.2 Å². The van der Waals surface area contributed by atoms with E-state index in [0.29, 0.717) is 12.1 Å². The van der Waals surface area contributed by atoms with Crippen molar-refractivity contribution in [3.05, 3.63) is 27.9 Å². The van der Waals surface area contributed by atoms with E-state index in [1.165, 1.54) is 6.07 Å². The minimum absolute atomic E-state index is 0.0966. The smallest absolute Gasteiger partial charge is 0.311 e. The number of nitrogens with zero attached hydrogens (tertiary/aromatic N) is 2. The molecule has 0 radical (unpaired) electrons. The number of rotatable bonds is 7. The normalized spacial score (nSPS) is 11.9. The van der Waals surface area contributed by atoms with Gasteiger partial charge in [-0.05, 0) is 19.4 Å². The van der Waals surface area contributed by atoms with Crippen LogP contribution in [0.1, 0.15) is 31.9 Å². The summed E-state index contributed by atoms with van der Waals surface area (Å²) in [6.07, 6.45) is 1.30. The minimum atomic E-state index is -0.943. The highest BCUT2D eigenvalue weighted by Gasteiger charge is 2.20. The predicted molar refractivity (Wildman–Crippen MR) is 70.2 cm³/mol. The minimum Gasteiger partial charge on any atom is -0.481 e. The summed E-state index contributed by atoms with van der Waals surface area (Å²) in [7, 11) is 0. The van der Waals surface area contributed by atoms with Gasteiger partial charge < -0.3 is 10.4 Å². The first-order valence-corrected chi connectivity index (χ1v) is 6.04. The maximum absolute atomic E-state index is 10.9. The first-order chi connectivity index (χ1) is 8.93. The third-order valence-electron chi connectivity index (χ3n) is 2.61. The van der Waals surface area contributed by atoms with Crippen molar-refractivity contribution < 1.29 is 14.8 Å². The van der Waals surface area contributed by atoms with Crippen LogP contribution >= 0.6 is 0 Å². The van der Waals surface area contributed by atoms with Crippen molar-refractivity contribution in [3.63, 3.8) is 0 Å². The van der Waals surface area contributed by atoms with Crippen molar-refractivity contribution in [1.82, 2.24) is 4.98 Å². The Labute approximate surface area is 110 Å². The summed E-state index contributed by atoms with van der Waals surface area (Å²) in [5.74, 6) is -0.814. The quantitative estimate of drug-likeness (QED) is 0.580. The van der Waals surface area contributed by atoms with E-state index >= 15 is 0 Å². The number of carboxylic acid groups (broad SMARTS) is 1. The van der Waals surface area contributed by atoms with E-state index in [2.05, 4.69) is 10.3 Å². The Morgan fingerprint density at radius 3 is 2.79 bits per heavy atom. The summed E-state index contributed by atoms with van der Waals surface area (Å²) in [6.45, 7) is 3.65. The molecular formula is C12H17N3O4. The van der Waals surface area contributed by atoms with Crippen molar-refractivity contribution in [2.24, 2.45) is 0 Å². The Morgan fingerprint density at radius 2 is 2.26 bits per heavy atom. The van der Waals surface area contributed by atoms with Gasteiger partial charge in [-0.3, -0.25) is 14.9 Å². The number of anilines is 1. The van der Waals surface area contributed by atoms with Crippen LogP contribution in [0.2, 0.25) is 0 Å². The van der Waals surface area contributed by atoms with Crippen molar-refractivity contribution in [1.29, 1.82) is 0 Å². The summed E-state index contributed by atoms with van der Waals surface area (Å²) in [6, 6.07) is 2.56. The zero-order valence-corrected chi connectivity index (χ0v) is 10.9. The van der Waals surface area contributed by atoms with E-state index < -0.39 is 10.9 Å². The topological polar surface area (TPSA) is 105 Å². The number of carboxylic acids is 1. The molecule has 1 aromatic heterocycles. The molecule has 7 heteroatoms. The molecule has 7 nitrogen and oxygen atoms in total. The SMILES string of the molecule is CCCC(CC(=O)O)Nc1nc(C)ccc1[N+](=O)[O-]. The molecule has 0 saturated heterocycles. The Kier molecular flexibility index (Phi) is 5.23. The summed E-state index contributed by atoms with van der Waals surface area (Å²) in [5, 5.41) is 22.6. The van der Waals surface area contributed by atoms with Crippen molar-refractivity contribution >= 4 is 17.5 Å². The standard InChI is InChI=1S/C12H17N3O4/c1-3-4-9(7-11(16)17)14-12-10(15(18)19)6-5-8(2)13-12/h5-6,9H,3-4,7H2,1-2H3,(H,13,14)(H,16,17). The molecule has 0 aliphatic heterocycles. The second-order valence-corrected chi connectivity index (χ2v) is 4.31. The number of hydrogen-bond acceptors (Lipinski definition) is 5. The molecule has 0 spiro atoms. The monoisotopic (exact) mass is 267 g/mol. The summed E-state index contributed by atoms with van der Waals surface area (Å²) >= 11 is 0. The molecule has 19 heavy (non-hydrogen) atoms. The fourth-order valence-corrected chi connectivity index (χ4v) is 1.78. The lowest BCUT2D eigenvalue weighted by Gasteiger charge is -2.16. The van der Waals surface area contributed by atoms with E-state index in [0.717, 1.165) is 6.42 Å². The molecule has 0 aliphatic rings. The zero-order chi connectivity index (χ0) is 14.4. The zero-order valence-electron chi connectivity index (χ0n) is 10.9. The van der Waals surface area contributed by atoms with Gasteiger partial charge in [-0.2, -0.15) is 0 Å². The van der Waals surface area contributed by atoms with Crippen LogP contribution in [0.15, 0.2) is 12.1 Å². The third-order valence-corrected chi connectivity index (χ3v) is 2.61. The first-order valence-electron chi connectivity index (χ1n) is 6.04. The number of aryl methyl sites for hydroxylation is 1. The lowest BCUT2D eigenvalue weighted by molar-refractivity contribution is -0.384. The van der Waals surface area contributed by atoms with Crippen LogP contribution in [0.25, 0.3) is 0 Å². The van der Waals surface area contributed by atoms with Gasteiger partial charge in [-0.15, -0.1) is 0 Å². The van der Waals surface area contributed by atoms with Gasteiger partial charge in [0.25, 0.3) is 0 Å². The molecule has 0 aliphatic carbocycles. The van der Waals surface area contributed by atoms with E-state index in [9.17, 15) is 14.9 Å². The average molecular weight is 267 g/mol. The molecule has 2 N–H and O–H groups in total. The maximum atomic E-state index is 10.9. The van der Waals surface area contributed by atoms with Crippen molar-refractivity contribution in [2.75, 3.05) is 5.32 Å². The molecule has 1 unspecified atom stereocenters. The van der Waals surface area contributed by atoms with Gasteiger partial charge >= 0.3 is 11.7 Å². The molecule has 1 atom stereocenters. The molecule has 1 rings (SSSR count). The molecule has 0 amide bonds. The van der Waals surface area contributed by atoms with Crippen LogP contribution in [0.4, 0.5) is 11.5 Å². The Morgan fingerprint density at radius 1 is 1.58 bits per heavy atom. The largest absolute Gasteiger partial charge is 0.481 e. The van der Waals surface area contributed by atoms with E-state index in [-0.39, 0.29) is 24.0 Å². The lowest BCUT2D eigenvalue weighted by atomic mass is 10.1. The highest BCUT2D eigenvalue weighted by molar-refractivity contribution is 5.68. The van der Waals surface area contributed by atoms with Crippen LogP contribution < -0.4 is 5.32 Å². The number of hydrogen-bond donors (Lipinski definition) is 2. The highest BCUT2D eigenvalue weighted by atomic mass is 16.6. The number of nitrogens with one attached hydrogen (secondary N) is 1. The van der Waals surface area contributed by atoms with Gasteiger partial charge in [0.1, 0.15) is 0 Å². The third kappa shape index (κ3) is 4.53. The maximum Gasteiger partial charge on any atom is 0.311 e. The van der Waals surface area contributed by atoms with Gasteiger partial charge in [0.15, 0.2) is 0 Å². The predicted octanol–water partition coefficient (Wildman–Crippen LogP) is 2.35. The number of pyridine rings is 1. The van der Waals surface area contributed by atoms with E-state index in [1.54, 1.807) is 13.0 Å². The van der Waals surface area contributed by atoms with Gasteiger partial charge in [-0.25, -0.2) is 4.98 Å². The second-order valence-electron chi connectivity index (χ2n) is 4.31. The van der Waals surface area contributed by atoms with Crippen LogP contribution in [-0.4, -0.2) is 27.0 Å². The summed E-state index contributed by atoms with van der Waals surface area (Å²) in [4.78, 5) is 25.2. The number of aromatic nitrogens is 1. The van der Waals surface area contributed by atoms with E-state index in [4.69, 9.17) is 5.11 Å². The molecule has 0 aromatic carbocycles. The number of aliphatic carboxylic acids is 1. The molecular weight excluding hydrogens is 250 g/mol. The Bertz CT molecular complexity index is 476. The van der Waals surface area contributed by atoms with Gasteiger partial charge in [-0.1, -0.05) is 13.3 Å². The highest BCUT2D eigenvalue weighted by Crippen LogP contribution is 2.24. The van der Waals surface area contributed by atoms with Crippen molar-refractivity contribution in [3.8, 4) is 0 Å².